The Kier molecular flexibility index (Phi) is 3.43. The average Bonchev–Trinajstić information content (AvgIpc) is 2.93. The average molecular weight is 293 g/mol. The van der Waals surface area contributed by atoms with Crippen LogP contribution in [0, 0.1) is 0 Å². The molecule has 1 fully saturated rings. The zero-order chi connectivity index (χ0) is 14.9. The fourth-order valence-electron chi connectivity index (χ4n) is 3.31. The highest BCUT2D eigenvalue weighted by Crippen LogP contribution is 2.29. The minimum absolute atomic E-state index is 0.203. The normalized spacial score (nSPS) is 16.4. The summed E-state index contributed by atoms with van der Waals surface area (Å²) in [4.78, 5) is 14.8. The Balaban J connectivity index is 1.66. The van der Waals surface area contributed by atoms with E-state index in [1.807, 2.05) is 42.5 Å². The molecule has 1 aromatic heterocycles. The minimum atomic E-state index is 0.203. The van der Waals surface area contributed by atoms with Gasteiger partial charge >= 0.3 is 0 Å². The highest BCUT2D eigenvalue weighted by molar-refractivity contribution is 6.08. The second-order valence-electron chi connectivity index (χ2n) is 6.07. The molecule has 0 bridgehead atoms. The SMILES string of the molecule is O=C(CN1CCCCC1)c1ccc2oc3ccccc3c2c1. The van der Waals surface area contributed by atoms with E-state index in [1.165, 1.54) is 19.3 Å². The number of carbonyl (C=O) groups is 1. The Morgan fingerprint density at radius 1 is 0.955 bits per heavy atom. The Morgan fingerprint density at radius 3 is 2.59 bits per heavy atom. The summed E-state index contributed by atoms with van der Waals surface area (Å²) in [5, 5.41) is 2.10. The van der Waals surface area contributed by atoms with Crippen molar-refractivity contribution in [2.45, 2.75) is 19.3 Å². The molecule has 2 aromatic carbocycles. The summed E-state index contributed by atoms with van der Waals surface area (Å²) in [5.41, 5.74) is 2.50. The molecule has 1 saturated heterocycles. The number of benzene rings is 2. The Hall–Kier alpha value is -2.13. The molecule has 3 nitrogen and oxygen atoms in total. The molecule has 0 aliphatic carbocycles. The van der Waals surface area contributed by atoms with Crippen LogP contribution in [0.5, 0.6) is 0 Å². The molecule has 3 aromatic rings. The lowest BCUT2D eigenvalue weighted by Crippen LogP contribution is -2.34. The van der Waals surface area contributed by atoms with E-state index in [-0.39, 0.29) is 5.78 Å². The van der Waals surface area contributed by atoms with Crippen molar-refractivity contribution in [3.63, 3.8) is 0 Å². The van der Waals surface area contributed by atoms with Gasteiger partial charge in [0.1, 0.15) is 11.2 Å². The van der Waals surface area contributed by atoms with Crippen molar-refractivity contribution in [2.24, 2.45) is 0 Å². The van der Waals surface area contributed by atoms with Gasteiger partial charge in [0.25, 0.3) is 0 Å². The lowest BCUT2D eigenvalue weighted by molar-refractivity contribution is 0.0916. The molecular weight excluding hydrogens is 274 g/mol. The molecule has 3 heteroatoms. The fraction of sp³-hybridized carbons (Fsp3) is 0.316. The van der Waals surface area contributed by atoms with Gasteiger partial charge in [0.15, 0.2) is 5.78 Å². The van der Waals surface area contributed by atoms with Gasteiger partial charge in [-0.25, -0.2) is 0 Å². The van der Waals surface area contributed by atoms with Crippen LogP contribution in [0.25, 0.3) is 21.9 Å². The molecule has 112 valence electrons. The van der Waals surface area contributed by atoms with Gasteiger partial charge < -0.3 is 4.42 Å². The second kappa shape index (κ2) is 5.58. The van der Waals surface area contributed by atoms with Crippen molar-refractivity contribution in [1.82, 2.24) is 4.90 Å². The zero-order valence-electron chi connectivity index (χ0n) is 12.5. The third-order valence-corrected chi connectivity index (χ3v) is 4.51. The molecule has 0 N–H and O–H groups in total. The number of piperidine rings is 1. The highest BCUT2D eigenvalue weighted by atomic mass is 16.3. The monoisotopic (exact) mass is 293 g/mol. The van der Waals surface area contributed by atoms with Gasteiger partial charge in [-0.2, -0.15) is 0 Å². The largest absolute Gasteiger partial charge is 0.456 e. The van der Waals surface area contributed by atoms with Crippen molar-refractivity contribution in [2.75, 3.05) is 19.6 Å². The first-order valence-corrected chi connectivity index (χ1v) is 7.98. The van der Waals surface area contributed by atoms with Crippen LogP contribution in [0.3, 0.4) is 0 Å². The predicted molar refractivity (Wildman–Crippen MR) is 88.3 cm³/mol. The molecule has 2 heterocycles. The lowest BCUT2D eigenvalue weighted by atomic mass is 10.0. The molecule has 1 aliphatic heterocycles. The van der Waals surface area contributed by atoms with E-state index in [4.69, 9.17) is 4.42 Å². The maximum atomic E-state index is 12.5. The first-order chi connectivity index (χ1) is 10.8. The molecule has 0 unspecified atom stereocenters. The van der Waals surface area contributed by atoms with E-state index in [0.29, 0.717) is 6.54 Å². The van der Waals surface area contributed by atoms with Crippen LogP contribution in [0.15, 0.2) is 46.9 Å². The number of Topliss-reactive ketones (excluding diaryl/α,β-unsaturated/α-hetero) is 1. The predicted octanol–water partition coefficient (Wildman–Crippen LogP) is 4.25. The van der Waals surface area contributed by atoms with Gasteiger partial charge in [-0.3, -0.25) is 9.69 Å². The maximum Gasteiger partial charge on any atom is 0.176 e. The summed E-state index contributed by atoms with van der Waals surface area (Å²) >= 11 is 0. The Bertz CT molecular complexity index is 828. The number of furan rings is 1. The fourth-order valence-corrected chi connectivity index (χ4v) is 3.31. The number of hydrogen-bond acceptors (Lipinski definition) is 3. The topological polar surface area (TPSA) is 33.5 Å². The number of carbonyl (C=O) groups excluding carboxylic acids is 1. The summed E-state index contributed by atoms with van der Waals surface area (Å²) in [5.74, 6) is 0.203. The molecule has 0 amide bonds. The molecule has 0 spiro atoms. The lowest BCUT2D eigenvalue weighted by Gasteiger charge is -2.25. The smallest absolute Gasteiger partial charge is 0.176 e. The minimum Gasteiger partial charge on any atom is -0.456 e. The van der Waals surface area contributed by atoms with Crippen LogP contribution in [-0.4, -0.2) is 30.3 Å². The van der Waals surface area contributed by atoms with Crippen LogP contribution < -0.4 is 0 Å². The summed E-state index contributed by atoms with van der Waals surface area (Å²) in [6.07, 6.45) is 3.70. The molecule has 0 saturated carbocycles. The van der Waals surface area contributed by atoms with Gasteiger partial charge in [-0.1, -0.05) is 24.6 Å². The first-order valence-electron chi connectivity index (χ1n) is 7.98. The van der Waals surface area contributed by atoms with Crippen LogP contribution in [0.4, 0.5) is 0 Å². The van der Waals surface area contributed by atoms with E-state index >= 15 is 0 Å². The zero-order valence-corrected chi connectivity index (χ0v) is 12.5. The molecule has 22 heavy (non-hydrogen) atoms. The summed E-state index contributed by atoms with van der Waals surface area (Å²) in [6.45, 7) is 2.62. The highest BCUT2D eigenvalue weighted by Gasteiger charge is 2.16. The van der Waals surface area contributed by atoms with E-state index in [0.717, 1.165) is 40.6 Å². The number of para-hydroxylation sites is 1. The van der Waals surface area contributed by atoms with E-state index < -0.39 is 0 Å². The number of rotatable bonds is 3. The quantitative estimate of drug-likeness (QED) is 0.677. The number of ketones is 1. The van der Waals surface area contributed by atoms with Crippen molar-refractivity contribution in [3.8, 4) is 0 Å². The number of hydrogen-bond donors (Lipinski definition) is 0. The van der Waals surface area contributed by atoms with Crippen LogP contribution in [0.2, 0.25) is 0 Å². The van der Waals surface area contributed by atoms with Crippen molar-refractivity contribution in [1.29, 1.82) is 0 Å². The van der Waals surface area contributed by atoms with Crippen molar-refractivity contribution < 1.29 is 9.21 Å². The summed E-state index contributed by atoms with van der Waals surface area (Å²) in [7, 11) is 0. The number of nitrogens with zero attached hydrogens (tertiary/aromatic N) is 1. The molecule has 4 rings (SSSR count). The number of likely N-dealkylation sites (tertiary alicyclic amines) is 1. The molecule has 0 atom stereocenters. The molecule has 0 radical (unpaired) electrons. The van der Waals surface area contributed by atoms with Crippen LogP contribution in [0.1, 0.15) is 29.6 Å². The van der Waals surface area contributed by atoms with Gasteiger partial charge in [-0.05, 0) is 50.2 Å². The van der Waals surface area contributed by atoms with E-state index in [2.05, 4.69) is 4.90 Å². The van der Waals surface area contributed by atoms with Crippen LogP contribution >= 0.6 is 0 Å². The maximum absolute atomic E-state index is 12.5. The summed E-state index contributed by atoms with van der Waals surface area (Å²) < 4.78 is 5.82. The van der Waals surface area contributed by atoms with Crippen LogP contribution in [-0.2, 0) is 0 Å². The molecular formula is C19H19NO2. The third kappa shape index (κ3) is 2.42. The summed E-state index contributed by atoms with van der Waals surface area (Å²) in [6, 6.07) is 13.8. The standard InChI is InChI=1S/C19H19NO2/c21-17(13-20-10-4-1-5-11-20)14-8-9-19-16(12-14)15-6-2-3-7-18(15)22-19/h2-3,6-9,12H,1,4-5,10-11,13H2. The van der Waals surface area contributed by atoms with E-state index in [9.17, 15) is 4.79 Å². The van der Waals surface area contributed by atoms with E-state index in [1.54, 1.807) is 0 Å². The Labute approximate surface area is 129 Å². The van der Waals surface area contributed by atoms with Gasteiger partial charge in [0, 0.05) is 16.3 Å². The first kappa shape index (κ1) is 13.5. The van der Waals surface area contributed by atoms with Gasteiger partial charge in [0.2, 0.25) is 0 Å². The molecule has 1 aliphatic rings. The van der Waals surface area contributed by atoms with Crippen molar-refractivity contribution >= 4 is 27.7 Å². The van der Waals surface area contributed by atoms with Gasteiger partial charge in [0.05, 0.1) is 6.54 Å². The van der Waals surface area contributed by atoms with Crippen molar-refractivity contribution in [3.05, 3.63) is 48.0 Å². The van der Waals surface area contributed by atoms with Gasteiger partial charge in [-0.15, -0.1) is 0 Å². The second-order valence-corrected chi connectivity index (χ2v) is 6.07. The number of fused-ring (bicyclic) bond motifs is 3. The third-order valence-electron chi connectivity index (χ3n) is 4.51. The Morgan fingerprint density at radius 2 is 1.73 bits per heavy atom.